The van der Waals surface area contributed by atoms with Gasteiger partial charge in [0.1, 0.15) is 5.82 Å². The summed E-state index contributed by atoms with van der Waals surface area (Å²) in [5, 5.41) is 4.29. The maximum atomic E-state index is 13.0. The molecule has 6 nitrogen and oxygen atoms in total. The number of hydrogen-bond acceptors (Lipinski definition) is 3. The van der Waals surface area contributed by atoms with Gasteiger partial charge in [-0.25, -0.2) is 4.98 Å². The lowest BCUT2D eigenvalue weighted by molar-refractivity contribution is -0.120. The second-order valence-electron chi connectivity index (χ2n) is 7.50. The van der Waals surface area contributed by atoms with Crippen molar-refractivity contribution < 1.29 is 4.79 Å². The van der Waals surface area contributed by atoms with Crippen molar-refractivity contribution in [3.8, 4) is 11.3 Å². The van der Waals surface area contributed by atoms with Crippen LogP contribution in [-0.2, 0) is 11.3 Å². The molecule has 1 saturated heterocycles. The highest BCUT2D eigenvalue weighted by molar-refractivity contribution is 5.95. The number of imidazole rings is 1. The predicted octanol–water partition coefficient (Wildman–Crippen LogP) is 4.16. The number of carbonyl (C=O) groups is 1. The van der Waals surface area contributed by atoms with E-state index in [9.17, 15) is 4.79 Å². The molecule has 0 radical (unpaired) electrons. The van der Waals surface area contributed by atoms with Crippen molar-refractivity contribution in [3.63, 3.8) is 0 Å². The Bertz CT molecular complexity index is 1100. The van der Waals surface area contributed by atoms with Crippen LogP contribution in [0.5, 0.6) is 0 Å². The van der Waals surface area contributed by atoms with Gasteiger partial charge in [0.15, 0.2) is 0 Å². The van der Waals surface area contributed by atoms with Crippen molar-refractivity contribution in [2.24, 2.45) is 0 Å². The Hall–Kier alpha value is -3.38. The number of nitrogens with one attached hydrogen (secondary N) is 3. The van der Waals surface area contributed by atoms with Crippen LogP contribution < -0.4 is 5.32 Å². The lowest BCUT2D eigenvalue weighted by atomic mass is 10.1. The molecule has 2 aromatic heterocycles. The highest BCUT2D eigenvalue weighted by Gasteiger charge is 2.31. The zero-order chi connectivity index (χ0) is 19.6. The van der Waals surface area contributed by atoms with Crippen LogP contribution in [0.3, 0.4) is 0 Å². The number of nitrogens with zero attached hydrogens (tertiary/aromatic N) is 2. The molecular weight excluding hydrogens is 362 g/mol. The minimum absolute atomic E-state index is 0.0443. The second-order valence-corrected chi connectivity index (χ2v) is 7.50. The van der Waals surface area contributed by atoms with Crippen LogP contribution in [0.25, 0.3) is 22.2 Å². The van der Waals surface area contributed by atoms with Crippen LogP contribution in [0.15, 0.2) is 67.0 Å². The Kier molecular flexibility index (Phi) is 4.62. The molecule has 5 rings (SSSR count). The lowest BCUT2D eigenvalue weighted by Crippen LogP contribution is -2.39. The molecule has 3 heterocycles. The molecule has 6 heteroatoms. The summed E-state index contributed by atoms with van der Waals surface area (Å²) < 4.78 is 0. The zero-order valence-corrected chi connectivity index (χ0v) is 16.1. The molecule has 2 aromatic carbocycles. The van der Waals surface area contributed by atoms with E-state index in [1.54, 1.807) is 6.20 Å². The number of rotatable bonds is 5. The van der Waals surface area contributed by atoms with Crippen molar-refractivity contribution in [1.29, 1.82) is 0 Å². The number of aromatic amines is 2. The normalized spacial score (nSPS) is 17.0. The molecule has 0 bridgehead atoms. The summed E-state index contributed by atoms with van der Waals surface area (Å²) in [5.41, 5.74) is 4.02. The van der Waals surface area contributed by atoms with E-state index in [4.69, 9.17) is 0 Å². The van der Waals surface area contributed by atoms with Gasteiger partial charge in [-0.2, -0.15) is 0 Å². The minimum Gasteiger partial charge on any atom is -0.355 e. The average molecular weight is 385 g/mol. The van der Waals surface area contributed by atoms with E-state index in [0.717, 1.165) is 47.7 Å². The Balaban J connectivity index is 1.32. The first-order valence-corrected chi connectivity index (χ1v) is 9.98. The van der Waals surface area contributed by atoms with Crippen LogP contribution >= 0.6 is 0 Å². The summed E-state index contributed by atoms with van der Waals surface area (Å²) in [5.74, 6) is 0.938. The van der Waals surface area contributed by atoms with Crippen LogP contribution in [-0.4, -0.2) is 38.3 Å². The highest BCUT2D eigenvalue weighted by Crippen LogP contribution is 2.27. The molecule has 3 N–H and O–H groups in total. The number of hydrogen-bond donors (Lipinski definition) is 3. The summed E-state index contributed by atoms with van der Waals surface area (Å²) in [4.78, 5) is 26.0. The SMILES string of the molecule is O=C(Nc1cccc(-c2cc3ccccc3[nH]2)c1)C1CCCN1Cc1ncc[nH]1. The van der Waals surface area contributed by atoms with Gasteiger partial charge in [0, 0.05) is 40.2 Å². The van der Waals surface area contributed by atoms with E-state index in [1.165, 1.54) is 5.39 Å². The van der Waals surface area contributed by atoms with Crippen LogP contribution in [0.2, 0.25) is 0 Å². The van der Waals surface area contributed by atoms with Gasteiger partial charge in [-0.1, -0.05) is 30.3 Å². The Morgan fingerprint density at radius 1 is 1.17 bits per heavy atom. The molecule has 1 fully saturated rings. The van der Waals surface area contributed by atoms with E-state index in [2.05, 4.69) is 49.4 Å². The number of aromatic nitrogens is 3. The van der Waals surface area contributed by atoms with E-state index >= 15 is 0 Å². The van der Waals surface area contributed by atoms with Gasteiger partial charge in [-0.15, -0.1) is 0 Å². The van der Waals surface area contributed by atoms with Gasteiger partial charge in [0.2, 0.25) is 5.91 Å². The summed E-state index contributed by atoms with van der Waals surface area (Å²) in [7, 11) is 0. The molecule has 0 spiro atoms. The number of amides is 1. The highest BCUT2D eigenvalue weighted by atomic mass is 16.2. The van der Waals surface area contributed by atoms with Gasteiger partial charge < -0.3 is 15.3 Å². The summed E-state index contributed by atoms with van der Waals surface area (Å²) in [6.45, 7) is 1.58. The van der Waals surface area contributed by atoms with Crippen molar-refractivity contribution in [1.82, 2.24) is 19.9 Å². The topological polar surface area (TPSA) is 76.8 Å². The number of fused-ring (bicyclic) bond motifs is 1. The van der Waals surface area contributed by atoms with Crippen molar-refractivity contribution >= 4 is 22.5 Å². The van der Waals surface area contributed by atoms with Crippen LogP contribution in [0.1, 0.15) is 18.7 Å². The first-order chi connectivity index (χ1) is 14.3. The first kappa shape index (κ1) is 17.7. The summed E-state index contributed by atoms with van der Waals surface area (Å²) >= 11 is 0. The number of H-pyrrole nitrogens is 2. The Labute approximate surface area is 169 Å². The third kappa shape index (κ3) is 3.67. The zero-order valence-electron chi connectivity index (χ0n) is 16.1. The monoisotopic (exact) mass is 385 g/mol. The largest absolute Gasteiger partial charge is 0.355 e. The van der Waals surface area contributed by atoms with E-state index in [-0.39, 0.29) is 11.9 Å². The van der Waals surface area contributed by atoms with Crippen molar-refractivity contribution in [2.45, 2.75) is 25.4 Å². The van der Waals surface area contributed by atoms with Crippen molar-refractivity contribution in [2.75, 3.05) is 11.9 Å². The number of likely N-dealkylation sites (tertiary alicyclic amines) is 1. The number of anilines is 1. The van der Waals surface area contributed by atoms with E-state index < -0.39 is 0 Å². The minimum atomic E-state index is -0.128. The predicted molar refractivity (Wildman–Crippen MR) is 114 cm³/mol. The number of para-hydroxylation sites is 1. The smallest absolute Gasteiger partial charge is 0.241 e. The molecule has 1 amide bonds. The third-order valence-electron chi connectivity index (χ3n) is 5.55. The molecule has 1 aliphatic rings. The maximum Gasteiger partial charge on any atom is 0.241 e. The molecule has 0 saturated carbocycles. The first-order valence-electron chi connectivity index (χ1n) is 9.98. The molecule has 4 aromatic rings. The van der Waals surface area contributed by atoms with Gasteiger partial charge in [0.05, 0.1) is 12.6 Å². The molecular formula is C23H23N5O. The fourth-order valence-corrected chi connectivity index (χ4v) is 4.11. The fourth-order valence-electron chi connectivity index (χ4n) is 4.11. The summed E-state index contributed by atoms with van der Waals surface area (Å²) in [6.07, 6.45) is 5.45. The van der Waals surface area contributed by atoms with Crippen molar-refractivity contribution in [3.05, 3.63) is 72.8 Å². The van der Waals surface area contributed by atoms with E-state index in [1.807, 2.05) is 36.5 Å². The lowest BCUT2D eigenvalue weighted by Gasteiger charge is -2.22. The number of carbonyl (C=O) groups excluding carboxylic acids is 1. The Morgan fingerprint density at radius 3 is 2.97 bits per heavy atom. The second kappa shape index (κ2) is 7.56. The van der Waals surface area contributed by atoms with Crippen LogP contribution in [0.4, 0.5) is 5.69 Å². The Morgan fingerprint density at radius 2 is 2.10 bits per heavy atom. The van der Waals surface area contributed by atoms with Gasteiger partial charge in [-0.05, 0) is 43.7 Å². The fraction of sp³-hybridized carbons (Fsp3) is 0.217. The molecule has 0 aliphatic carbocycles. The van der Waals surface area contributed by atoms with Crippen LogP contribution in [0, 0.1) is 0 Å². The van der Waals surface area contributed by atoms with Gasteiger partial charge in [0.25, 0.3) is 0 Å². The molecule has 1 unspecified atom stereocenters. The average Bonchev–Trinajstić information content (AvgIpc) is 3.49. The van der Waals surface area contributed by atoms with Gasteiger partial charge in [-0.3, -0.25) is 9.69 Å². The van der Waals surface area contributed by atoms with Gasteiger partial charge >= 0.3 is 0 Å². The van der Waals surface area contributed by atoms with E-state index in [0.29, 0.717) is 6.54 Å². The standard InChI is InChI=1S/C23H23N5O/c29-23(21-9-4-12-28(21)15-22-24-10-11-25-22)26-18-7-3-6-16(13-18)20-14-17-5-1-2-8-19(17)27-20/h1-3,5-8,10-11,13-14,21,27H,4,9,12,15H2,(H,24,25)(H,26,29). The third-order valence-corrected chi connectivity index (χ3v) is 5.55. The maximum absolute atomic E-state index is 13.0. The summed E-state index contributed by atoms with van der Waals surface area (Å²) in [6, 6.07) is 18.2. The molecule has 1 atom stereocenters. The quantitative estimate of drug-likeness (QED) is 0.483. The molecule has 146 valence electrons. The molecule has 1 aliphatic heterocycles. The molecule has 29 heavy (non-hydrogen) atoms. The number of benzene rings is 2.